The van der Waals surface area contributed by atoms with Crippen LogP contribution in [0, 0.1) is 5.41 Å². The average Bonchev–Trinajstić information content (AvgIpc) is 2.29. The molecule has 1 aromatic carbocycles. The predicted octanol–water partition coefficient (Wildman–Crippen LogP) is 3.69. The first-order valence-corrected chi connectivity index (χ1v) is 6.59. The second kappa shape index (κ2) is 6.40. The Labute approximate surface area is 122 Å². The first kappa shape index (κ1) is 16.0. The SMILES string of the molecule is CC(C)(C)C(=O)COC(=O)Cc1c(Cl)cccc1Cl. The van der Waals surface area contributed by atoms with Crippen molar-refractivity contribution in [3.8, 4) is 0 Å². The molecule has 0 saturated carbocycles. The lowest BCUT2D eigenvalue weighted by Gasteiger charge is -2.16. The molecule has 1 aromatic rings. The lowest BCUT2D eigenvalue weighted by Crippen LogP contribution is -2.26. The second-order valence-electron chi connectivity index (χ2n) is 5.21. The molecule has 0 saturated heterocycles. The molecule has 0 aromatic heterocycles. The van der Waals surface area contributed by atoms with Gasteiger partial charge in [0.1, 0.15) is 0 Å². The zero-order valence-electron chi connectivity index (χ0n) is 11.1. The molecule has 0 spiro atoms. The third-order valence-corrected chi connectivity index (χ3v) is 3.29. The molecular weight excluding hydrogens is 287 g/mol. The first-order chi connectivity index (χ1) is 8.71. The minimum atomic E-state index is -0.525. The van der Waals surface area contributed by atoms with Gasteiger partial charge in [-0.15, -0.1) is 0 Å². The van der Waals surface area contributed by atoms with Gasteiger partial charge in [0.05, 0.1) is 6.42 Å². The van der Waals surface area contributed by atoms with Crippen LogP contribution in [-0.2, 0) is 20.7 Å². The normalized spacial score (nSPS) is 11.2. The van der Waals surface area contributed by atoms with E-state index in [9.17, 15) is 9.59 Å². The molecule has 0 heterocycles. The van der Waals surface area contributed by atoms with Crippen molar-refractivity contribution in [2.75, 3.05) is 6.61 Å². The van der Waals surface area contributed by atoms with Crippen LogP contribution in [0.2, 0.25) is 10.0 Å². The maximum Gasteiger partial charge on any atom is 0.310 e. The van der Waals surface area contributed by atoms with Gasteiger partial charge >= 0.3 is 5.97 Å². The van der Waals surface area contributed by atoms with Gasteiger partial charge in [-0.05, 0) is 12.1 Å². The number of rotatable bonds is 4. The van der Waals surface area contributed by atoms with Crippen molar-refractivity contribution in [2.45, 2.75) is 27.2 Å². The van der Waals surface area contributed by atoms with Crippen molar-refractivity contribution in [1.82, 2.24) is 0 Å². The van der Waals surface area contributed by atoms with E-state index in [-0.39, 0.29) is 18.8 Å². The van der Waals surface area contributed by atoms with Crippen molar-refractivity contribution in [1.29, 1.82) is 0 Å². The summed E-state index contributed by atoms with van der Waals surface area (Å²) in [5.41, 5.74) is -0.0125. The smallest absolute Gasteiger partial charge is 0.310 e. The highest BCUT2D eigenvalue weighted by molar-refractivity contribution is 6.36. The van der Waals surface area contributed by atoms with Crippen LogP contribution in [-0.4, -0.2) is 18.4 Å². The van der Waals surface area contributed by atoms with Crippen molar-refractivity contribution < 1.29 is 14.3 Å². The van der Waals surface area contributed by atoms with E-state index in [1.807, 2.05) is 0 Å². The fourth-order valence-electron chi connectivity index (χ4n) is 1.26. The number of esters is 1. The highest BCUT2D eigenvalue weighted by Crippen LogP contribution is 2.25. The van der Waals surface area contributed by atoms with Crippen LogP contribution in [0.5, 0.6) is 0 Å². The molecule has 0 aliphatic carbocycles. The van der Waals surface area contributed by atoms with Crippen molar-refractivity contribution in [2.24, 2.45) is 5.41 Å². The van der Waals surface area contributed by atoms with E-state index in [1.165, 1.54) is 0 Å². The molecule has 0 N–H and O–H groups in total. The zero-order valence-corrected chi connectivity index (χ0v) is 12.6. The number of halogens is 2. The average molecular weight is 303 g/mol. The Balaban J connectivity index is 2.60. The number of carbonyl (C=O) groups is 2. The number of hydrogen-bond donors (Lipinski definition) is 0. The van der Waals surface area contributed by atoms with Crippen LogP contribution < -0.4 is 0 Å². The van der Waals surface area contributed by atoms with E-state index in [1.54, 1.807) is 39.0 Å². The third-order valence-electron chi connectivity index (χ3n) is 2.58. The molecule has 1 rings (SSSR count). The standard InChI is InChI=1S/C14H16Cl2O3/c1-14(2,3)12(17)8-19-13(18)7-9-10(15)5-4-6-11(9)16/h4-6H,7-8H2,1-3H3. The maximum absolute atomic E-state index is 11.7. The summed E-state index contributed by atoms with van der Waals surface area (Å²) in [5.74, 6) is -0.654. The van der Waals surface area contributed by atoms with E-state index < -0.39 is 11.4 Å². The highest BCUT2D eigenvalue weighted by atomic mass is 35.5. The highest BCUT2D eigenvalue weighted by Gasteiger charge is 2.22. The molecule has 0 bridgehead atoms. The summed E-state index contributed by atoms with van der Waals surface area (Å²) >= 11 is 11.9. The molecule has 3 nitrogen and oxygen atoms in total. The van der Waals surface area contributed by atoms with Gasteiger partial charge in [0.15, 0.2) is 12.4 Å². The second-order valence-corrected chi connectivity index (χ2v) is 6.03. The summed E-state index contributed by atoms with van der Waals surface area (Å²) in [6, 6.07) is 5.00. The topological polar surface area (TPSA) is 43.4 Å². The molecule has 0 amide bonds. The summed E-state index contributed by atoms with van der Waals surface area (Å²) in [7, 11) is 0. The summed E-state index contributed by atoms with van der Waals surface area (Å²) in [4.78, 5) is 23.3. The molecule has 5 heteroatoms. The van der Waals surface area contributed by atoms with E-state index in [4.69, 9.17) is 27.9 Å². The number of hydrogen-bond acceptors (Lipinski definition) is 3. The maximum atomic E-state index is 11.7. The molecule has 0 unspecified atom stereocenters. The van der Waals surface area contributed by atoms with Gasteiger partial charge in [0.25, 0.3) is 0 Å². The van der Waals surface area contributed by atoms with Crippen LogP contribution >= 0.6 is 23.2 Å². The lowest BCUT2D eigenvalue weighted by atomic mass is 9.91. The molecule has 104 valence electrons. The van der Waals surface area contributed by atoms with Crippen LogP contribution in [0.1, 0.15) is 26.3 Å². The molecule has 19 heavy (non-hydrogen) atoms. The Morgan fingerprint density at radius 1 is 1.16 bits per heavy atom. The monoisotopic (exact) mass is 302 g/mol. The van der Waals surface area contributed by atoms with E-state index in [2.05, 4.69) is 0 Å². The molecule has 0 aliphatic heterocycles. The quantitative estimate of drug-likeness (QED) is 0.797. The molecule has 0 radical (unpaired) electrons. The summed E-state index contributed by atoms with van der Waals surface area (Å²) in [5, 5.41) is 0.818. The summed E-state index contributed by atoms with van der Waals surface area (Å²) in [6.07, 6.45) is -0.0457. The van der Waals surface area contributed by atoms with Crippen LogP contribution in [0.3, 0.4) is 0 Å². The number of ether oxygens (including phenoxy) is 1. The lowest BCUT2D eigenvalue weighted by molar-refractivity contribution is -0.149. The van der Waals surface area contributed by atoms with Gasteiger partial charge in [0.2, 0.25) is 0 Å². The van der Waals surface area contributed by atoms with Crippen LogP contribution in [0.15, 0.2) is 18.2 Å². The third kappa shape index (κ3) is 4.84. The van der Waals surface area contributed by atoms with Gasteiger partial charge in [-0.3, -0.25) is 9.59 Å². The van der Waals surface area contributed by atoms with Crippen molar-refractivity contribution >= 4 is 35.0 Å². The number of ketones is 1. The van der Waals surface area contributed by atoms with E-state index >= 15 is 0 Å². The number of benzene rings is 1. The minimum Gasteiger partial charge on any atom is -0.457 e. The van der Waals surface area contributed by atoms with E-state index in [0.717, 1.165) is 0 Å². The Hall–Kier alpha value is -1.06. The Morgan fingerprint density at radius 3 is 2.16 bits per heavy atom. The molecule has 0 atom stereocenters. The number of carbonyl (C=O) groups excluding carboxylic acids is 2. The van der Waals surface area contributed by atoms with Crippen molar-refractivity contribution in [3.05, 3.63) is 33.8 Å². The minimum absolute atomic E-state index is 0.0457. The summed E-state index contributed by atoms with van der Waals surface area (Å²) < 4.78 is 4.94. The first-order valence-electron chi connectivity index (χ1n) is 5.83. The molecular formula is C14H16Cl2O3. The molecule has 0 fully saturated rings. The van der Waals surface area contributed by atoms with Gasteiger partial charge in [-0.25, -0.2) is 0 Å². The fraction of sp³-hybridized carbons (Fsp3) is 0.429. The van der Waals surface area contributed by atoms with Crippen molar-refractivity contribution in [3.63, 3.8) is 0 Å². The van der Waals surface area contributed by atoms with Gasteiger partial charge < -0.3 is 4.74 Å². The van der Waals surface area contributed by atoms with Crippen LogP contribution in [0.4, 0.5) is 0 Å². The zero-order chi connectivity index (χ0) is 14.6. The Morgan fingerprint density at radius 2 is 1.68 bits per heavy atom. The molecule has 0 aliphatic rings. The largest absolute Gasteiger partial charge is 0.457 e. The predicted molar refractivity (Wildman–Crippen MR) is 75.6 cm³/mol. The van der Waals surface area contributed by atoms with E-state index in [0.29, 0.717) is 15.6 Å². The van der Waals surface area contributed by atoms with Gasteiger partial charge in [-0.1, -0.05) is 50.0 Å². The Bertz CT molecular complexity index is 470. The number of Topliss-reactive ketones (excluding diaryl/α,β-unsaturated/α-hetero) is 1. The Kier molecular flexibility index (Phi) is 5.39. The fourth-order valence-corrected chi connectivity index (χ4v) is 1.79. The summed E-state index contributed by atoms with van der Waals surface area (Å²) in [6.45, 7) is 5.08. The van der Waals surface area contributed by atoms with Gasteiger partial charge in [0, 0.05) is 21.0 Å². The van der Waals surface area contributed by atoms with Gasteiger partial charge in [-0.2, -0.15) is 0 Å². The van der Waals surface area contributed by atoms with Crippen LogP contribution in [0.25, 0.3) is 0 Å².